The van der Waals surface area contributed by atoms with Gasteiger partial charge in [0.1, 0.15) is 9.84 Å². The summed E-state index contributed by atoms with van der Waals surface area (Å²) in [6, 6.07) is -0.346. The molecule has 0 radical (unpaired) electrons. The molecular weight excluding hydrogens is 208 g/mol. The fraction of sp³-hybridized carbons (Fsp3) is 0.571. The number of aromatic nitrogens is 1. The van der Waals surface area contributed by atoms with Crippen molar-refractivity contribution in [2.45, 2.75) is 12.5 Å². The lowest BCUT2D eigenvalue weighted by atomic mass is 10.3. The van der Waals surface area contributed by atoms with Gasteiger partial charge in [0.15, 0.2) is 0 Å². The minimum Gasteiger partial charge on any atom is -0.326 e. The van der Waals surface area contributed by atoms with Crippen LogP contribution in [0.25, 0.3) is 0 Å². The molecule has 0 saturated heterocycles. The average molecular weight is 220 g/mol. The van der Waals surface area contributed by atoms with Crippen molar-refractivity contribution in [3.05, 3.63) is 16.6 Å². The minimum atomic E-state index is -2.97. The van der Waals surface area contributed by atoms with Gasteiger partial charge in [-0.25, -0.2) is 13.4 Å². The zero-order chi connectivity index (χ0) is 9.90. The third kappa shape index (κ3) is 4.35. The zero-order valence-corrected chi connectivity index (χ0v) is 8.94. The van der Waals surface area contributed by atoms with Gasteiger partial charge in [0.25, 0.3) is 0 Å². The van der Waals surface area contributed by atoms with Gasteiger partial charge in [0, 0.05) is 30.3 Å². The predicted octanol–water partition coefficient (Wildman–Crippen LogP) is 0.0575. The van der Waals surface area contributed by atoms with Crippen molar-refractivity contribution in [3.63, 3.8) is 0 Å². The van der Waals surface area contributed by atoms with Crippen LogP contribution < -0.4 is 5.73 Å². The molecule has 1 aromatic rings. The van der Waals surface area contributed by atoms with Gasteiger partial charge in [-0.05, 0) is 0 Å². The quantitative estimate of drug-likeness (QED) is 0.778. The molecule has 0 saturated carbocycles. The predicted molar refractivity (Wildman–Crippen MR) is 53.5 cm³/mol. The third-order valence-electron chi connectivity index (χ3n) is 1.44. The second kappa shape index (κ2) is 4.17. The van der Waals surface area contributed by atoms with E-state index in [9.17, 15) is 8.42 Å². The first-order valence-corrected chi connectivity index (χ1v) is 6.73. The molecule has 0 fully saturated rings. The summed E-state index contributed by atoms with van der Waals surface area (Å²) < 4.78 is 21.7. The maximum atomic E-state index is 10.9. The molecule has 0 aliphatic heterocycles. The maximum absolute atomic E-state index is 10.9. The van der Waals surface area contributed by atoms with Crippen LogP contribution in [0.2, 0.25) is 0 Å². The highest BCUT2D eigenvalue weighted by Gasteiger charge is 2.12. The van der Waals surface area contributed by atoms with Gasteiger partial charge < -0.3 is 5.73 Å². The van der Waals surface area contributed by atoms with Crippen LogP contribution in [0.15, 0.2) is 11.6 Å². The highest BCUT2D eigenvalue weighted by Crippen LogP contribution is 2.06. The van der Waals surface area contributed by atoms with Crippen molar-refractivity contribution in [2.24, 2.45) is 5.73 Å². The Balaban J connectivity index is 2.47. The topological polar surface area (TPSA) is 73.0 Å². The van der Waals surface area contributed by atoms with Crippen LogP contribution in [-0.2, 0) is 16.3 Å². The van der Waals surface area contributed by atoms with Gasteiger partial charge in [0.2, 0.25) is 0 Å². The number of hydrogen-bond acceptors (Lipinski definition) is 5. The Kier molecular flexibility index (Phi) is 3.40. The molecule has 74 valence electrons. The van der Waals surface area contributed by atoms with Crippen LogP contribution in [0, 0.1) is 0 Å². The molecule has 0 spiro atoms. The van der Waals surface area contributed by atoms with Crippen molar-refractivity contribution in [3.8, 4) is 0 Å². The van der Waals surface area contributed by atoms with E-state index in [2.05, 4.69) is 4.98 Å². The summed E-state index contributed by atoms with van der Waals surface area (Å²) in [5, 5.41) is 2.74. The Morgan fingerprint density at radius 3 is 2.85 bits per heavy atom. The standard InChI is InChI=1S/C7H12N2O2S2/c1-13(10,11)5-6(8)4-7-9-2-3-12-7/h2-3,6H,4-5,8H2,1H3. The number of nitrogens with zero attached hydrogens (tertiary/aromatic N) is 1. The van der Waals surface area contributed by atoms with E-state index >= 15 is 0 Å². The Bertz CT molecular complexity index is 345. The van der Waals surface area contributed by atoms with Gasteiger partial charge in [-0.15, -0.1) is 11.3 Å². The molecule has 0 aliphatic carbocycles. The van der Waals surface area contributed by atoms with E-state index in [1.807, 2.05) is 5.38 Å². The molecule has 1 atom stereocenters. The molecular formula is C7H12N2O2S2. The highest BCUT2D eigenvalue weighted by molar-refractivity contribution is 7.90. The van der Waals surface area contributed by atoms with Crippen LogP contribution in [-0.4, -0.2) is 31.5 Å². The monoisotopic (exact) mass is 220 g/mol. The molecule has 6 heteroatoms. The maximum Gasteiger partial charge on any atom is 0.148 e. The SMILES string of the molecule is CS(=O)(=O)CC(N)Cc1nccs1. The highest BCUT2D eigenvalue weighted by atomic mass is 32.2. The fourth-order valence-electron chi connectivity index (χ4n) is 1.03. The van der Waals surface area contributed by atoms with E-state index in [4.69, 9.17) is 5.73 Å². The number of thiazole rings is 1. The van der Waals surface area contributed by atoms with Gasteiger partial charge >= 0.3 is 0 Å². The smallest absolute Gasteiger partial charge is 0.148 e. The van der Waals surface area contributed by atoms with Gasteiger partial charge in [-0.1, -0.05) is 0 Å². The summed E-state index contributed by atoms with van der Waals surface area (Å²) in [6.07, 6.45) is 3.41. The molecule has 0 aromatic carbocycles. The van der Waals surface area contributed by atoms with Crippen molar-refractivity contribution in [1.82, 2.24) is 4.98 Å². The lowest BCUT2D eigenvalue weighted by Gasteiger charge is -2.07. The average Bonchev–Trinajstić information content (AvgIpc) is 2.34. The van der Waals surface area contributed by atoms with Crippen LogP contribution in [0.5, 0.6) is 0 Å². The van der Waals surface area contributed by atoms with Crippen LogP contribution in [0.3, 0.4) is 0 Å². The molecule has 0 aliphatic rings. The van der Waals surface area contributed by atoms with Crippen molar-refractivity contribution >= 4 is 21.2 Å². The van der Waals surface area contributed by atoms with Gasteiger partial charge in [-0.3, -0.25) is 0 Å². The number of nitrogens with two attached hydrogens (primary N) is 1. The summed E-state index contributed by atoms with van der Waals surface area (Å²) in [6.45, 7) is 0. The Morgan fingerprint density at radius 1 is 1.69 bits per heavy atom. The lowest BCUT2D eigenvalue weighted by Crippen LogP contribution is -2.31. The molecule has 4 nitrogen and oxygen atoms in total. The van der Waals surface area contributed by atoms with E-state index in [0.717, 1.165) is 5.01 Å². The van der Waals surface area contributed by atoms with Crippen molar-refractivity contribution in [2.75, 3.05) is 12.0 Å². The Morgan fingerprint density at radius 2 is 2.38 bits per heavy atom. The first kappa shape index (κ1) is 10.6. The number of rotatable bonds is 4. The molecule has 1 aromatic heterocycles. The second-order valence-corrected chi connectivity index (χ2v) is 6.15. The number of hydrogen-bond donors (Lipinski definition) is 1. The Hall–Kier alpha value is -0.460. The summed E-state index contributed by atoms with van der Waals surface area (Å²) in [5.74, 6) is 0.0204. The zero-order valence-electron chi connectivity index (χ0n) is 7.30. The summed E-state index contributed by atoms with van der Waals surface area (Å²) in [4.78, 5) is 4.03. The minimum absolute atomic E-state index is 0.0204. The molecule has 0 amide bonds. The summed E-state index contributed by atoms with van der Waals surface area (Å²) in [7, 11) is -2.97. The first-order chi connectivity index (χ1) is 5.97. The van der Waals surface area contributed by atoms with Crippen LogP contribution >= 0.6 is 11.3 Å². The molecule has 0 bridgehead atoms. The van der Waals surface area contributed by atoms with E-state index in [1.54, 1.807) is 6.20 Å². The first-order valence-electron chi connectivity index (χ1n) is 3.79. The molecule has 2 N–H and O–H groups in total. The second-order valence-electron chi connectivity index (χ2n) is 2.98. The van der Waals surface area contributed by atoms with E-state index in [1.165, 1.54) is 17.6 Å². The third-order valence-corrected chi connectivity index (χ3v) is 3.27. The van der Waals surface area contributed by atoms with Crippen LogP contribution in [0.4, 0.5) is 0 Å². The van der Waals surface area contributed by atoms with Crippen molar-refractivity contribution < 1.29 is 8.42 Å². The molecule has 1 heterocycles. The molecule has 1 rings (SSSR count). The normalized spacial score (nSPS) is 14.3. The lowest BCUT2D eigenvalue weighted by molar-refractivity contribution is 0.591. The van der Waals surface area contributed by atoms with Crippen LogP contribution in [0.1, 0.15) is 5.01 Å². The molecule has 13 heavy (non-hydrogen) atoms. The fourth-order valence-corrected chi connectivity index (χ4v) is 2.63. The van der Waals surface area contributed by atoms with Crippen molar-refractivity contribution in [1.29, 1.82) is 0 Å². The van der Waals surface area contributed by atoms with E-state index in [0.29, 0.717) is 6.42 Å². The Labute approximate surface area is 81.7 Å². The summed E-state index contributed by atoms with van der Waals surface area (Å²) in [5.41, 5.74) is 5.64. The molecule has 1 unspecified atom stereocenters. The van der Waals surface area contributed by atoms with Gasteiger partial charge in [-0.2, -0.15) is 0 Å². The van der Waals surface area contributed by atoms with Gasteiger partial charge in [0.05, 0.1) is 10.8 Å². The van der Waals surface area contributed by atoms with E-state index < -0.39 is 9.84 Å². The van der Waals surface area contributed by atoms with E-state index in [-0.39, 0.29) is 11.8 Å². The number of sulfone groups is 1. The largest absolute Gasteiger partial charge is 0.326 e. The summed E-state index contributed by atoms with van der Waals surface area (Å²) >= 11 is 1.49.